The highest BCUT2D eigenvalue weighted by Crippen LogP contribution is 2.12. The molecule has 16 heavy (non-hydrogen) atoms. The van der Waals surface area contributed by atoms with Gasteiger partial charge in [-0.05, 0) is 20.3 Å². The number of carbonyl (C=O) groups is 1. The molecule has 0 aromatic carbocycles. The van der Waals surface area contributed by atoms with Gasteiger partial charge in [-0.3, -0.25) is 4.79 Å². The van der Waals surface area contributed by atoms with E-state index >= 15 is 0 Å². The van der Waals surface area contributed by atoms with Gasteiger partial charge in [0.25, 0.3) is 5.97 Å². The summed E-state index contributed by atoms with van der Waals surface area (Å²) in [5.74, 6) is -0.204. The fourth-order valence-electron chi connectivity index (χ4n) is 1.40. The molecule has 0 rings (SSSR count). The summed E-state index contributed by atoms with van der Waals surface area (Å²) in [6.07, 6.45) is 3.48. The Bertz CT molecular complexity index is 190. The summed E-state index contributed by atoms with van der Waals surface area (Å²) in [5, 5.41) is 0. The van der Waals surface area contributed by atoms with Crippen molar-refractivity contribution in [3.8, 4) is 0 Å². The van der Waals surface area contributed by atoms with Crippen LogP contribution in [0.5, 0.6) is 0 Å². The van der Waals surface area contributed by atoms with Crippen molar-refractivity contribution < 1.29 is 18.1 Å². The van der Waals surface area contributed by atoms with Crippen LogP contribution in [-0.2, 0) is 18.1 Å². The number of rotatable bonds is 9. The van der Waals surface area contributed by atoms with Gasteiger partial charge in [0.2, 0.25) is 0 Å². The molecule has 5 heteroatoms. The summed E-state index contributed by atoms with van der Waals surface area (Å²) in [4.78, 5) is 11.5. The molecule has 0 N–H and O–H groups in total. The Morgan fingerprint density at radius 3 is 2.06 bits per heavy atom. The van der Waals surface area contributed by atoms with Gasteiger partial charge in [-0.1, -0.05) is 19.8 Å². The molecule has 0 radical (unpaired) electrons. The second-order valence-electron chi connectivity index (χ2n) is 3.66. The van der Waals surface area contributed by atoms with Gasteiger partial charge >= 0.3 is 8.80 Å². The van der Waals surface area contributed by atoms with E-state index in [1.165, 1.54) is 0 Å². The molecule has 0 aliphatic carbocycles. The van der Waals surface area contributed by atoms with E-state index in [4.69, 9.17) is 13.3 Å². The largest absolute Gasteiger partial charge is 0.564 e. The average molecular weight is 248 g/mol. The fraction of sp³-hybridized carbons (Fsp3) is 0.909. The van der Waals surface area contributed by atoms with Crippen LogP contribution >= 0.6 is 0 Å². The van der Waals surface area contributed by atoms with Gasteiger partial charge in [0.15, 0.2) is 0 Å². The molecule has 0 aromatic rings. The topological polar surface area (TPSA) is 44.8 Å². The van der Waals surface area contributed by atoms with E-state index in [-0.39, 0.29) is 5.97 Å². The molecule has 0 amide bonds. The summed E-state index contributed by atoms with van der Waals surface area (Å²) in [7, 11) is -2.72. The number of hydrogen-bond acceptors (Lipinski definition) is 4. The first-order valence-corrected chi connectivity index (χ1v) is 8.30. The molecule has 0 spiro atoms. The third kappa shape index (κ3) is 6.98. The molecular weight excluding hydrogens is 224 g/mol. The number of carbonyl (C=O) groups excluding carboxylic acids is 1. The predicted octanol–water partition coefficient (Wildman–Crippen LogP) is 2.75. The third-order valence-corrected chi connectivity index (χ3v) is 4.32. The zero-order chi connectivity index (χ0) is 12.4. The van der Waals surface area contributed by atoms with E-state index in [1.807, 2.05) is 13.8 Å². The van der Waals surface area contributed by atoms with Crippen molar-refractivity contribution in [2.45, 2.75) is 53.0 Å². The van der Waals surface area contributed by atoms with Gasteiger partial charge in [-0.25, -0.2) is 0 Å². The van der Waals surface area contributed by atoms with Crippen LogP contribution in [0.2, 0.25) is 6.55 Å². The van der Waals surface area contributed by atoms with Crippen LogP contribution in [0.15, 0.2) is 0 Å². The van der Waals surface area contributed by atoms with E-state index in [2.05, 4.69) is 6.92 Å². The minimum absolute atomic E-state index is 0.204. The lowest BCUT2D eigenvalue weighted by atomic mass is 10.2. The van der Waals surface area contributed by atoms with E-state index < -0.39 is 8.80 Å². The highest BCUT2D eigenvalue weighted by molar-refractivity contribution is 6.60. The Balaban J connectivity index is 4.02. The van der Waals surface area contributed by atoms with Gasteiger partial charge in [0.05, 0.1) is 0 Å². The van der Waals surface area contributed by atoms with Crippen LogP contribution in [0, 0.1) is 0 Å². The molecular formula is C11H24O4Si. The summed E-state index contributed by atoms with van der Waals surface area (Å²) in [6, 6.07) is 0. The maximum absolute atomic E-state index is 11.5. The molecule has 0 atom stereocenters. The maximum atomic E-state index is 11.5. The normalized spacial score (nSPS) is 11.5. The van der Waals surface area contributed by atoms with E-state index in [0.717, 1.165) is 19.3 Å². The Labute approximate surface area is 99.6 Å². The molecule has 0 heterocycles. The van der Waals surface area contributed by atoms with Crippen molar-refractivity contribution in [2.24, 2.45) is 0 Å². The number of unbranched alkanes of at least 4 members (excludes halogenated alkanes) is 2. The Hall–Kier alpha value is -0.393. The van der Waals surface area contributed by atoms with Crippen LogP contribution in [0.4, 0.5) is 0 Å². The van der Waals surface area contributed by atoms with Crippen LogP contribution in [0.1, 0.15) is 46.5 Å². The minimum Gasteiger partial charge on any atom is -0.473 e. The lowest BCUT2D eigenvalue weighted by Crippen LogP contribution is -2.44. The molecule has 0 aliphatic rings. The summed E-state index contributed by atoms with van der Waals surface area (Å²) < 4.78 is 16.2. The van der Waals surface area contributed by atoms with Gasteiger partial charge in [-0.15, -0.1) is 0 Å². The molecule has 0 unspecified atom stereocenters. The van der Waals surface area contributed by atoms with Crippen LogP contribution in [0.3, 0.4) is 0 Å². The van der Waals surface area contributed by atoms with Crippen molar-refractivity contribution in [3.63, 3.8) is 0 Å². The van der Waals surface area contributed by atoms with Gasteiger partial charge in [-0.2, -0.15) is 0 Å². The quantitative estimate of drug-likeness (QED) is 0.465. The van der Waals surface area contributed by atoms with Crippen LogP contribution in [-0.4, -0.2) is 28.0 Å². The SMILES string of the molecule is CCCCCC(=O)O[Si](C)(OCC)OCC. The first-order valence-electron chi connectivity index (χ1n) is 6.07. The van der Waals surface area contributed by atoms with E-state index in [0.29, 0.717) is 19.6 Å². The van der Waals surface area contributed by atoms with Gasteiger partial charge < -0.3 is 13.3 Å². The smallest absolute Gasteiger partial charge is 0.473 e. The maximum Gasteiger partial charge on any atom is 0.564 e. The third-order valence-electron chi connectivity index (χ3n) is 2.10. The summed E-state index contributed by atoms with van der Waals surface area (Å²) in [6.45, 7) is 8.61. The lowest BCUT2D eigenvalue weighted by molar-refractivity contribution is -0.139. The Kier molecular flexibility index (Phi) is 8.51. The Morgan fingerprint density at radius 2 is 1.62 bits per heavy atom. The molecule has 96 valence electrons. The van der Waals surface area contributed by atoms with Gasteiger partial charge in [0, 0.05) is 26.2 Å². The zero-order valence-electron chi connectivity index (χ0n) is 10.9. The summed E-state index contributed by atoms with van der Waals surface area (Å²) in [5.41, 5.74) is 0. The average Bonchev–Trinajstić information content (AvgIpc) is 2.18. The molecule has 0 fully saturated rings. The molecule has 4 nitrogen and oxygen atoms in total. The second-order valence-corrected chi connectivity index (χ2v) is 6.17. The first kappa shape index (κ1) is 15.6. The zero-order valence-corrected chi connectivity index (χ0v) is 11.9. The molecule has 0 bridgehead atoms. The second kappa shape index (κ2) is 8.72. The molecule has 0 saturated carbocycles. The van der Waals surface area contributed by atoms with Crippen molar-refractivity contribution >= 4 is 14.8 Å². The number of hydrogen-bond donors (Lipinski definition) is 0. The predicted molar refractivity (Wildman–Crippen MR) is 65.1 cm³/mol. The van der Waals surface area contributed by atoms with E-state index in [9.17, 15) is 4.79 Å². The fourth-order valence-corrected chi connectivity index (χ4v) is 3.17. The summed E-state index contributed by atoms with van der Waals surface area (Å²) >= 11 is 0. The molecule has 0 aliphatic heterocycles. The van der Waals surface area contributed by atoms with Gasteiger partial charge in [0.1, 0.15) is 0 Å². The van der Waals surface area contributed by atoms with Crippen LogP contribution < -0.4 is 0 Å². The molecule has 0 saturated heterocycles. The van der Waals surface area contributed by atoms with E-state index in [1.54, 1.807) is 6.55 Å². The minimum atomic E-state index is -2.72. The standard InChI is InChI=1S/C11H24O4Si/c1-5-8-9-10-11(12)15-16(4,13-6-2)14-7-3/h5-10H2,1-4H3. The first-order chi connectivity index (χ1) is 7.58. The molecule has 0 aromatic heterocycles. The lowest BCUT2D eigenvalue weighted by Gasteiger charge is -2.24. The van der Waals surface area contributed by atoms with Crippen molar-refractivity contribution in [1.29, 1.82) is 0 Å². The monoisotopic (exact) mass is 248 g/mol. The highest BCUT2D eigenvalue weighted by Gasteiger charge is 2.38. The highest BCUT2D eigenvalue weighted by atomic mass is 28.4. The van der Waals surface area contributed by atoms with Crippen molar-refractivity contribution in [1.82, 2.24) is 0 Å². The van der Waals surface area contributed by atoms with Crippen LogP contribution in [0.25, 0.3) is 0 Å². The van der Waals surface area contributed by atoms with Crippen molar-refractivity contribution in [3.05, 3.63) is 0 Å². The Morgan fingerprint density at radius 1 is 1.06 bits per heavy atom. The van der Waals surface area contributed by atoms with Crippen molar-refractivity contribution in [2.75, 3.05) is 13.2 Å².